The van der Waals surface area contributed by atoms with E-state index >= 15 is 0 Å². The van der Waals surface area contributed by atoms with Crippen molar-refractivity contribution in [1.82, 2.24) is 14.8 Å². The molecule has 2 aromatic rings. The Morgan fingerprint density at radius 1 is 1.29 bits per heavy atom. The fourth-order valence-corrected chi connectivity index (χ4v) is 1.47. The van der Waals surface area contributed by atoms with Gasteiger partial charge in [-0.05, 0) is 31.2 Å². The molecule has 90 valence electrons. The van der Waals surface area contributed by atoms with E-state index in [2.05, 4.69) is 10.1 Å². The Morgan fingerprint density at radius 2 is 2.06 bits per heavy atom. The standard InChI is InChI=1S/C12H16N4O/c1-2-17-8-7-16-9-14-12(15-16)10-3-5-11(13)6-4-10/h3-6,9H,2,7-8,13H2,1H3. The van der Waals surface area contributed by atoms with Crippen LogP contribution in [0.1, 0.15) is 6.92 Å². The highest BCUT2D eigenvalue weighted by Crippen LogP contribution is 2.15. The largest absolute Gasteiger partial charge is 0.399 e. The van der Waals surface area contributed by atoms with Gasteiger partial charge in [-0.2, -0.15) is 5.10 Å². The van der Waals surface area contributed by atoms with E-state index < -0.39 is 0 Å². The van der Waals surface area contributed by atoms with Crippen LogP contribution in [-0.2, 0) is 11.3 Å². The van der Waals surface area contributed by atoms with E-state index in [0.717, 1.165) is 24.4 Å². The van der Waals surface area contributed by atoms with Crippen molar-refractivity contribution >= 4 is 5.69 Å². The Hall–Kier alpha value is -1.88. The summed E-state index contributed by atoms with van der Waals surface area (Å²) in [5.74, 6) is 0.710. The van der Waals surface area contributed by atoms with E-state index in [4.69, 9.17) is 10.5 Å². The summed E-state index contributed by atoms with van der Waals surface area (Å²) in [4.78, 5) is 4.25. The Labute approximate surface area is 100 Å². The first-order valence-electron chi connectivity index (χ1n) is 5.62. The first-order valence-corrected chi connectivity index (χ1v) is 5.62. The molecule has 17 heavy (non-hydrogen) atoms. The molecule has 5 heteroatoms. The Bertz CT molecular complexity index is 464. The minimum absolute atomic E-state index is 0.654. The van der Waals surface area contributed by atoms with Crippen molar-refractivity contribution in [2.45, 2.75) is 13.5 Å². The van der Waals surface area contributed by atoms with Gasteiger partial charge in [-0.3, -0.25) is 4.68 Å². The smallest absolute Gasteiger partial charge is 0.181 e. The highest BCUT2D eigenvalue weighted by molar-refractivity contribution is 5.57. The monoisotopic (exact) mass is 232 g/mol. The fourth-order valence-electron chi connectivity index (χ4n) is 1.47. The Kier molecular flexibility index (Phi) is 3.72. The lowest BCUT2D eigenvalue weighted by atomic mass is 10.2. The third-order valence-corrected chi connectivity index (χ3v) is 2.37. The fraction of sp³-hybridized carbons (Fsp3) is 0.333. The molecule has 0 saturated carbocycles. The van der Waals surface area contributed by atoms with Gasteiger partial charge in [-0.15, -0.1) is 0 Å². The number of nitrogens with two attached hydrogens (primary N) is 1. The van der Waals surface area contributed by atoms with Crippen molar-refractivity contribution in [3.05, 3.63) is 30.6 Å². The lowest BCUT2D eigenvalue weighted by Crippen LogP contribution is -2.06. The second-order valence-electron chi connectivity index (χ2n) is 3.65. The Morgan fingerprint density at radius 3 is 2.76 bits per heavy atom. The van der Waals surface area contributed by atoms with Gasteiger partial charge < -0.3 is 10.5 Å². The molecular formula is C12H16N4O. The third kappa shape index (κ3) is 3.04. The summed E-state index contributed by atoms with van der Waals surface area (Å²) in [6.07, 6.45) is 1.71. The van der Waals surface area contributed by atoms with Crippen LogP contribution in [0.2, 0.25) is 0 Å². The normalized spacial score (nSPS) is 10.6. The molecule has 1 aromatic carbocycles. The number of anilines is 1. The quantitative estimate of drug-likeness (QED) is 0.627. The minimum Gasteiger partial charge on any atom is -0.399 e. The first kappa shape index (κ1) is 11.6. The average Bonchev–Trinajstić information content (AvgIpc) is 2.79. The van der Waals surface area contributed by atoms with Gasteiger partial charge in [0.1, 0.15) is 6.33 Å². The molecule has 5 nitrogen and oxygen atoms in total. The highest BCUT2D eigenvalue weighted by Gasteiger charge is 2.03. The topological polar surface area (TPSA) is 66.0 Å². The molecule has 0 saturated heterocycles. The van der Waals surface area contributed by atoms with Crippen LogP contribution in [-0.4, -0.2) is 28.0 Å². The van der Waals surface area contributed by atoms with Crippen molar-refractivity contribution in [2.75, 3.05) is 18.9 Å². The molecule has 0 amide bonds. The van der Waals surface area contributed by atoms with Crippen LogP contribution in [0.4, 0.5) is 5.69 Å². The molecule has 0 atom stereocenters. The summed E-state index contributed by atoms with van der Waals surface area (Å²) in [7, 11) is 0. The number of nitrogens with zero attached hydrogens (tertiary/aromatic N) is 3. The number of hydrogen-bond donors (Lipinski definition) is 1. The van der Waals surface area contributed by atoms with Gasteiger partial charge in [-0.1, -0.05) is 0 Å². The van der Waals surface area contributed by atoms with Crippen LogP contribution in [0.15, 0.2) is 30.6 Å². The maximum Gasteiger partial charge on any atom is 0.181 e. The summed E-state index contributed by atoms with van der Waals surface area (Å²) in [5, 5.41) is 4.37. The maximum absolute atomic E-state index is 5.63. The van der Waals surface area contributed by atoms with Crippen LogP contribution in [0.3, 0.4) is 0 Å². The van der Waals surface area contributed by atoms with E-state index in [1.54, 1.807) is 11.0 Å². The summed E-state index contributed by atoms with van der Waals surface area (Å²) >= 11 is 0. The zero-order chi connectivity index (χ0) is 12.1. The van der Waals surface area contributed by atoms with E-state index in [-0.39, 0.29) is 0 Å². The van der Waals surface area contributed by atoms with Gasteiger partial charge in [0.25, 0.3) is 0 Å². The molecule has 2 N–H and O–H groups in total. The van der Waals surface area contributed by atoms with Crippen LogP contribution in [0.5, 0.6) is 0 Å². The lowest BCUT2D eigenvalue weighted by molar-refractivity contribution is 0.136. The molecule has 0 unspecified atom stereocenters. The number of aromatic nitrogens is 3. The number of hydrogen-bond acceptors (Lipinski definition) is 4. The summed E-state index contributed by atoms with van der Waals surface area (Å²) in [6, 6.07) is 7.52. The van der Waals surface area contributed by atoms with E-state index in [9.17, 15) is 0 Å². The van der Waals surface area contributed by atoms with Gasteiger partial charge in [0.2, 0.25) is 0 Å². The van der Waals surface area contributed by atoms with Gasteiger partial charge in [0.15, 0.2) is 5.82 Å². The molecule has 0 spiro atoms. The molecule has 0 fully saturated rings. The van der Waals surface area contributed by atoms with Crippen LogP contribution in [0.25, 0.3) is 11.4 Å². The predicted molar refractivity (Wildman–Crippen MR) is 66.4 cm³/mol. The van der Waals surface area contributed by atoms with E-state index in [0.29, 0.717) is 12.4 Å². The van der Waals surface area contributed by atoms with Crippen molar-refractivity contribution in [3.63, 3.8) is 0 Å². The second kappa shape index (κ2) is 5.45. The number of rotatable bonds is 5. The molecular weight excluding hydrogens is 216 g/mol. The second-order valence-corrected chi connectivity index (χ2v) is 3.65. The average molecular weight is 232 g/mol. The molecule has 0 aliphatic carbocycles. The number of ether oxygens (including phenoxy) is 1. The summed E-state index contributed by atoms with van der Waals surface area (Å²) in [5.41, 5.74) is 7.34. The molecule has 2 rings (SSSR count). The van der Waals surface area contributed by atoms with Gasteiger partial charge in [0.05, 0.1) is 13.2 Å². The van der Waals surface area contributed by atoms with Gasteiger partial charge >= 0.3 is 0 Å². The summed E-state index contributed by atoms with van der Waals surface area (Å²) < 4.78 is 7.04. The molecule has 0 radical (unpaired) electrons. The maximum atomic E-state index is 5.63. The van der Waals surface area contributed by atoms with Gasteiger partial charge in [-0.25, -0.2) is 4.98 Å². The number of nitrogen functional groups attached to an aromatic ring is 1. The highest BCUT2D eigenvalue weighted by atomic mass is 16.5. The zero-order valence-electron chi connectivity index (χ0n) is 9.84. The molecule has 0 aliphatic heterocycles. The van der Waals surface area contributed by atoms with Crippen molar-refractivity contribution < 1.29 is 4.74 Å². The van der Waals surface area contributed by atoms with Crippen molar-refractivity contribution in [1.29, 1.82) is 0 Å². The van der Waals surface area contributed by atoms with Crippen LogP contribution >= 0.6 is 0 Å². The van der Waals surface area contributed by atoms with Gasteiger partial charge in [0, 0.05) is 17.9 Å². The van der Waals surface area contributed by atoms with Crippen molar-refractivity contribution in [3.8, 4) is 11.4 Å². The molecule has 1 aromatic heterocycles. The van der Waals surface area contributed by atoms with Crippen LogP contribution in [0, 0.1) is 0 Å². The van der Waals surface area contributed by atoms with Crippen molar-refractivity contribution in [2.24, 2.45) is 0 Å². The zero-order valence-corrected chi connectivity index (χ0v) is 9.84. The third-order valence-electron chi connectivity index (χ3n) is 2.37. The lowest BCUT2D eigenvalue weighted by Gasteiger charge is -2.00. The predicted octanol–water partition coefficient (Wildman–Crippen LogP) is 1.56. The van der Waals surface area contributed by atoms with E-state index in [1.807, 2.05) is 31.2 Å². The SMILES string of the molecule is CCOCCn1cnc(-c2ccc(N)cc2)n1. The molecule has 0 bridgehead atoms. The summed E-state index contributed by atoms with van der Waals surface area (Å²) in [6.45, 7) is 4.07. The molecule has 0 aliphatic rings. The van der Waals surface area contributed by atoms with E-state index in [1.165, 1.54) is 0 Å². The van der Waals surface area contributed by atoms with Crippen LogP contribution < -0.4 is 5.73 Å². The first-order chi connectivity index (χ1) is 8.29. The number of benzene rings is 1. The minimum atomic E-state index is 0.654. The molecule has 1 heterocycles. The Balaban J connectivity index is 2.04.